The molecule has 4 heteroatoms. The highest BCUT2D eigenvalue weighted by molar-refractivity contribution is 5.95. The second-order valence-electron chi connectivity index (χ2n) is 5.76. The van der Waals surface area contributed by atoms with Crippen LogP contribution in [-0.4, -0.2) is 41.7 Å². The first-order chi connectivity index (χ1) is 10.2. The van der Waals surface area contributed by atoms with Crippen molar-refractivity contribution >= 4 is 11.6 Å². The molecular weight excluding hydrogens is 264 g/mol. The third kappa shape index (κ3) is 4.74. The Morgan fingerprint density at radius 2 is 2.29 bits per heavy atom. The molecule has 4 nitrogen and oxygen atoms in total. The summed E-state index contributed by atoms with van der Waals surface area (Å²) in [4.78, 5) is 14.2. The fourth-order valence-electron chi connectivity index (χ4n) is 2.69. The molecule has 1 atom stereocenters. The molecule has 0 bridgehead atoms. The second-order valence-corrected chi connectivity index (χ2v) is 5.76. The number of benzene rings is 1. The number of rotatable bonds is 6. The molecule has 2 rings (SSSR count). The number of nitrogens with one attached hydrogen (secondary N) is 1. The van der Waals surface area contributed by atoms with Gasteiger partial charge in [-0.25, -0.2) is 0 Å². The van der Waals surface area contributed by atoms with E-state index in [9.17, 15) is 9.90 Å². The van der Waals surface area contributed by atoms with Gasteiger partial charge in [-0.05, 0) is 37.5 Å². The van der Waals surface area contributed by atoms with Crippen molar-refractivity contribution in [1.82, 2.24) is 4.90 Å². The van der Waals surface area contributed by atoms with E-state index in [1.807, 2.05) is 24.3 Å². The van der Waals surface area contributed by atoms with Gasteiger partial charge < -0.3 is 15.3 Å². The van der Waals surface area contributed by atoms with Crippen molar-refractivity contribution in [1.29, 1.82) is 0 Å². The molecule has 1 aliphatic heterocycles. The van der Waals surface area contributed by atoms with E-state index in [-0.39, 0.29) is 12.0 Å². The maximum atomic E-state index is 12.5. The average Bonchev–Trinajstić information content (AvgIpc) is 2.51. The van der Waals surface area contributed by atoms with Gasteiger partial charge in [0.05, 0.1) is 6.10 Å². The molecule has 1 heterocycles. The first-order valence-corrected chi connectivity index (χ1v) is 8.02. The zero-order valence-corrected chi connectivity index (χ0v) is 12.8. The highest BCUT2D eigenvalue weighted by Crippen LogP contribution is 2.16. The van der Waals surface area contributed by atoms with Crippen LogP contribution in [0, 0.1) is 0 Å². The molecule has 0 aliphatic carbocycles. The van der Waals surface area contributed by atoms with E-state index in [4.69, 9.17) is 0 Å². The van der Waals surface area contributed by atoms with E-state index in [1.165, 1.54) is 12.8 Å². The Kier molecular flexibility index (Phi) is 6.05. The monoisotopic (exact) mass is 290 g/mol. The first-order valence-electron chi connectivity index (χ1n) is 8.02. The molecule has 0 spiro atoms. The first kappa shape index (κ1) is 15.8. The summed E-state index contributed by atoms with van der Waals surface area (Å²) in [5.41, 5.74) is 1.69. The summed E-state index contributed by atoms with van der Waals surface area (Å²) >= 11 is 0. The quantitative estimate of drug-likeness (QED) is 0.792. The number of unbranched alkanes of at least 4 members (excludes halogenated alkanes) is 2. The van der Waals surface area contributed by atoms with Gasteiger partial charge in [-0.1, -0.05) is 25.8 Å². The van der Waals surface area contributed by atoms with Crippen LogP contribution in [0.1, 0.15) is 49.4 Å². The summed E-state index contributed by atoms with van der Waals surface area (Å²) in [5, 5.41) is 13.1. The van der Waals surface area contributed by atoms with E-state index < -0.39 is 0 Å². The lowest BCUT2D eigenvalue weighted by molar-refractivity contribution is 0.0474. The predicted molar refractivity (Wildman–Crippen MR) is 85.6 cm³/mol. The fraction of sp³-hybridized carbons (Fsp3) is 0.588. The molecule has 1 aliphatic rings. The lowest BCUT2D eigenvalue weighted by atomic mass is 10.1. The van der Waals surface area contributed by atoms with Gasteiger partial charge in [-0.2, -0.15) is 0 Å². The molecular formula is C17H26N2O2. The van der Waals surface area contributed by atoms with Crippen LogP contribution in [0.25, 0.3) is 0 Å². The van der Waals surface area contributed by atoms with Gasteiger partial charge in [-0.15, -0.1) is 0 Å². The van der Waals surface area contributed by atoms with Crippen molar-refractivity contribution in [3.05, 3.63) is 29.8 Å². The maximum absolute atomic E-state index is 12.5. The zero-order valence-electron chi connectivity index (χ0n) is 12.8. The Morgan fingerprint density at radius 1 is 1.43 bits per heavy atom. The Hall–Kier alpha value is -1.55. The molecule has 0 saturated carbocycles. The van der Waals surface area contributed by atoms with Gasteiger partial charge in [-0.3, -0.25) is 4.79 Å². The number of anilines is 1. The molecule has 1 aromatic carbocycles. The van der Waals surface area contributed by atoms with Crippen molar-refractivity contribution in [3.63, 3.8) is 0 Å². The molecule has 2 N–H and O–H groups in total. The van der Waals surface area contributed by atoms with Gasteiger partial charge in [0.15, 0.2) is 0 Å². The Balaban J connectivity index is 1.94. The van der Waals surface area contributed by atoms with Gasteiger partial charge in [0.2, 0.25) is 0 Å². The second kappa shape index (κ2) is 8.03. The van der Waals surface area contributed by atoms with Crippen LogP contribution in [-0.2, 0) is 0 Å². The summed E-state index contributed by atoms with van der Waals surface area (Å²) in [7, 11) is 0. The van der Waals surface area contributed by atoms with Crippen LogP contribution in [0.5, 0.6) is 0 Å². The van der Waals surface area contributed by atoms with Crippen molar-refractivity contribution < 1.29 is 9.90 Å². The van der Waals surface area contributed by atoms with Crippen LogP contribution < -0.4 is 5.32 Å². The summed E-state index contributed by atoms with van der Waals surface area (Å²) < 4.78 is 0. The minimum Gasteiger partial charge on any atom is -0.391 e. The average molecular weight is 290 g/mol. The molecule has 21 heavy (non-hydrogen) atoms. The van der Waals surface area contributed by atoms with E-state index in [0.29, 0.717) is 12.1 Å². The van der Waals surface area contributed by atoms with Crippen LogP contribution in [0.3, 0.4) is 0 Å². The zero-order chi connectivity index (χ0) is 15.1. The number of β-amino-alcohol motifs (C(OH)–C–C–N with tert-alkyl or cyclic N) is 1. The molecule has 1 fully saturated rings. The largest absolute Gasteiger partial charge is 0.391 e. The lowest BCUT2D eigenvalue weighted by Gasteiger charge is -2.30. The highest BCUT2D eigenvalue weighted by Gasteiger charge is 2.23. The molecule has 0 radical (unpaired) electrons. The third-order valence-corrected chi connectivity index (χ3v) is 3.90. The molecule has 1 saturated heterocycles. The Morgan fingerprint density at radius 3 is 3.05 bits per heavy atom. The van der Waals surface area contributed by atoms with Gasteiger partial charge in [0, 0.05) is 30.9 Å². The summed E-state index contributed by atoms with van der Waals surface area (Å²) in [5.74, 6) is 0.0194. The van der Waals surface area contributed by atoms with Crippen molar-refractivity contribution in [2.24, 2.45) is 0 Å². The van der Waals surface area contributed by atoms with Crippen molar-refractivity contribution in [2.45, 2.75) is 45.1 Å². The smallest absolute Gasteiger partial charge is 0.254 e. The van der Waals surface area contributed by atoms with Crippen LogP contribution in [0.2, 0.25) is 0 Å². The van der Waals surface area contributed by atoms with Crippen LogP contribution >= 0.6 is 0 Å². The van der Waals surface area contributed by atoms with E-state index in [0.717, 1.165) is 38.0 Å². The highest BCUT2D eigenvalue weighted by atomic mass is 16.3. The normalized spacial score (nSPS) is 18.6. The fourth-order valence-corrected chi connectivity index (χ4v) is 2.69. The number of carbonyl (C=O) groups is 1. The molecule has 116 valence electrons. The van der Waals surface area contributed by atoms with E-state index in [2.05, 4.69) is 12.2 Å². The van der Waals surface area contributed by atoms with E-state index in [1.54, 1.807) is 4.90 Å². The standard InChI is InChI=1S/C17H26N2O2/c1-2-3-4-10-18-15-8-5-7-14(12-15)17(21)19-11-6-9-16(20)13-19/h5,7-8,12,16,18,20H,2-4,6,9-11,13H2,1H3. The number of carbonyl (C=O) groups excluding carboxylic acids is 1. The Bertz CT molecular complexity index is 462. The lowest BCUT2D eigenvalue weighted by Crippen LogP contribution is -2.42. The number of piperidine rings is 1. The SMILES string of the molecule is CCCCCNc1cccc(C(=O)N2CCCC(O)C2)c1. The van der Waals surface area contributed by atoms with E-state index >= 15 is 0 Å². The molecule has 1 unspecified atom stereocenters. The van der Waals surface area contributed by atoms with Crippen LogP contribution in [0.15, 0.2) is 24.3 Å². The van der Waals surface area contributed by atoms with Crippen molar-refractivity contribution in [2.75, 3.05) is 25.0 Å². The summed E-state index contributed by atoms with van der Waals surface area (Å²) in [6.45, 7) is 4.32. The third-order valence-electron chi connectivity index (χ3n) is 3.90. The van der Waals surface area contributed by atoms with Crippen LogP contribution in [0.4, 0.5) is 5.69 Å². The number of hydrogen-bond donors (Lipinski definition) is 2. The van der Waals surface area contributed by atoms with Gasteiger partial charge >= 0.3 is 0 Å². The van der Waals surface area contributed by atoms with Crippen molar-refractivity contribution in [3.8, 4) is 0 Å². The summed E-state index contributed by atoms with van der Waals surface area (Å²) in [6.07, 6.45) is 4.87. The number of nitrogens with zero attached hydrogens (tertiary/aromatic N) is 1. The van der Waals surface area contributed by atoms with Gasteiger partial charge in [0.1, 0.15) is 0 Å². The maximum Gasteiger partial charge on any atom is 0.254 e. The number of likely N-dealkylation sites (tertiary alicyclic amines) is 1. The number of amides is 1. The number of aliphatic hydroxyl groups is 1. The minimum atomic E-state index is -0.377. The molecule has 1 amide bonds. The van der Waals surface area contributed by atoms with Gasteiger partial charge in [0.25, 0.3) is 5.91 Å². The summed E-state index contributed by atoms with van der Waals surface area (Å²) in [6, 6.07) is 7.67. The molecule has 1 aromatic rings. The Labute approximate surface area is 127 Å². The molecule has 0 aromatic heterocycles. The number of aliphatic hydroxyl groups excluding tert-OH is 1. The minimum absolute atomic E-state index is 0.0194. The number of hydrogen-bond acceptors (Lipinski definition) is 3. The topological polar surface area (TPSA) is 52.6 Å². The predicted octanol–water partition coefficient (Wildman–Crippen LogP) is 2.89.